The molecular weight excluding hydrogens is 294 g/mol. The second-order valence-corrected chi connectivity index (χ2v) is 9.92. The Bertz CT molecular complexity index is 449. The van der Waals surface area contributed by atoms with Gasteiger partial charge in [-0.2, -0.15) is 11.8 Å². The van der Waals surface area contributed by atoms with E-state index in [1.807, 2.05) is 7.05 Å². The molecule has 3 aliphatic rings. The Morgan fingerprint density at radius 2 is 2.09 bits per heavy atom. The molecule has 126 valence electrons. The van der Waals surface area contributed by atoms with Crippen LogP contribution < -0.4 is 5.32 Å². The number of nitrogens with one attached hydrogen (secondary N) is 1. The van der Waals surface area contributed by atoms with Gasteiger partial charge in [0.05, 0.1) is 6.10 Å². The minimum absolute atomic E-state index is 0.196. The average molecular weight is 326 g/mol. The molecule has 3 unspecified atom stereocenters. The number of rotatable bonds is 1. The zero-order valence-electron chi connectivity index (χ0n) is 14.7. The van der Waals surface area contributed by atoms with Gasteiger partial charge in [0.2, 0.25) is 0 Å². The normalized spacial score (nSPS) is 37.2. The van der Waals surface area contributed by atoms with Crippen molar-refractivity contribution in [2.24, 2.45) is 16.3 Å². The van der Waals surface area contributed by atoms with Gasteiger partial charge >= 0.3 is 0 Å². The maximum Gasteiger partial charge on any atom is 0.193 e. The molecule has 3 atom stereocenters. The number of ether oxygens (including phenoxy) is 1. The molecule has 22 heavy (non-hydrogen) atoms. The fourth-order valence-corrected chi connectivity index (χ4v) is 5.56. The lowest BCUT2D eigenvalue weighted by molar-refractivity contribution is -0.188. The Kier molecular flexibility index (Phi) is 4.41. The highest BCUT2D eigenvalue weighted by Crippen LogP contribution is 2.51. The van der Waals surface area contributed by atoms with Crippen LogP contribution in [0.25, 0.3) is 0 Å². The van der Waals surface area contributed by atoms with Gasteiger partial charge in [0.1, 0.15) is 0 Å². The summed E-state index contributed by atoms with van der Waals surface area (Å²) in [6.07, 6.45) is 2.90. The maximum absolute atomic E-state index is 6.02. The summed E-state index contributed by atoms with van der Waals surface area (Å²) in [7, 11) is 1.91. The first-order valence-corrected chi connectivity index (χ1v) is 9.57. The first-order valence-electron chi connectivity index (χ1n) is 8.59. The smallest absolute Gasteiger partial charge is 0.193 e. The SMILES string of the molecule is CN=C(NC1C2CCCOC2C1(C)C)N1CCSC(C)(C)C1. The molecule has 3 rings (SSSR count). The minimum Gasteiger partial charge on any atom is -0.377 e. The van der Waals surface area contributed by atoms with E-state index >= 15 is 0 Å². The van der Waals surface area contributed by atoms with Gasteiger partial charge in [-0.1, -0.05) is 13.8 Å². The number of thioether (sulfide) groups is 1. The van der Waals surface area contributed by atoms with Crippen molar-refractivity contribution in [2.75, 3.05) is 32.5 Å². The summed E-state index contributed by atoms with van der Waals surface area (Å²) in [5.41, 5.74) is 0.196. The fraction of sp³-hybridized carbons (Fsp3) is 0.941. The van der Waals surface area contributed by atoms with E-state index in [1.165, 1.54) is 18.6 Å². The molecule has 2 aliphatic heterocycles. The summed E-state index contributed by atoms with van der Waals surface area (Å²) in [5, 5.41) is 3.79. The average Bonchev–Trinajstić information content (AvgIpc) is 2.47. The van der Waals surface area contributed by atoms with Gasteiger partial charge in [-0.05, 0) is 26.7 Å². The standard InChI is InChI=1S/C17H31N3OS/c1-16(2)11-20(8-10-22-16)15(18-5)19-13-12-7-6-9-21-14(12)17(13,3)4/h12-14H,6-11H2,1-5H3,(H,18,19). The minimum atomic E-state index is 0.196. The van der Waals surface area contributed by atoms with Crippen molar-refractivity contribution in [3.05, 3.63) is 0 Å². The predicted molar refractivity (Wildman–Crippen MR) is 94.6 cm³/mol. The number of nitrogens with zero attached hydrogens (tertiary/aromatic N) is 2. The maximum atomic E-state index is 6.02. The van der Waals surface area contributed by atoms with Gasteiger partial charge in [0.15, 0.2) is 5.96 Å². The number of hydrogen-bond acceptors (Lipinski definition) is 3. The Hall–Kier alpha value is -0.420. The zero-order valence-corrected chi connectivity index (χ0v) is 15.5. The molecule has 2 saturated heterocycles. The highest BCUT2D eigenvalue weighted by Gasteiger charge is 2.58. The summed E-state index contributed by atoms with van der Waals surface area (Å²) in [6, 6.07) is 0.481. The topological polar surface area (TPSA) is 36.9 Å². The molecule has 0 bridgehead atoms. The van der Waals surface area contributed by atoms with Gasteiger partial charge in [0, 0.05) is 54.6 Å². The van der Waals surface area contributed by atoms with E-state index in [-0.39, 0.29) is 5.41 Å². The molecule has 5 heteroatoms. The van der Waals surface area contributed by atoms with Crippen molar-refractivity contribution in [3.63, 3.8) is 0 Å². The second-order valence-electron chi connectivity index (χ2n) is 8.12. The second kappa shape index (κ2) is 5.90. The molecule has 2 heterocycles. The molecule has 0 amide bonds. The predicted octanol–water partition coefficient (Wildman–Crippen LogP) is 2.59. The van der Waals surface area contributed by atoms with Gasteiger partial charge in [-0.3, -0.25) is 4.99 Å². The summed E-state index contributed by atoms with van der Waals surface area (Å²) in [4.78, 5) is 7.02. The van der Waals surface area contributed by atoms with Crippen LogP contribution in [0.4, 0.5) is 0 Å². The lowest BCUT2D eigenvalue weighted by Gasteiger charge is -2.60. The van der Waals surface area contributed by atoms with Crippen LogP contribution in [0, 0.1) is 11.3 Å². The van der Waals surface area contributed by atoms with E-state index in [4.69, 9.17) is 4.74 Å². The van der Waals surface area contributed by atoms with Crippen LogP contribution >= 0.6 is 11.8 Å². The molecule has 1 aliphatic carbocycles. The third-order valence-corrected chi connectivity index (χ3v) is 6.85. The van der Waals surface area contributed by atoms with E-state index < -0.39 is 0 Å². The Labute approximate surface area is 139 Å². The van der Waals surface area contributed by atoms with Crippen molar-refractivity contribution in [1.82, 2.24) is 10.2 Å². The van der Waals surface area contributed by atoms with Crippen molar-refractivity contribution in [3.8, 4) is 0 Å². The molecular formula is C17H31N3OS. The van der Waals surface area contributed by atoms with Crippen LogP contribution in [-0.2, 0) is 4.74 Å². The molecule has 0 radical (unpaired) electrons. The molecule has 0 aromatic carbocycles. The van der Waals surface area contributed by atoms with Gasteiger partial charge < -0.3 is 15.0 Å². The van der Waals surface area contributed by atoms with Gasteiger partial charge in [0.25, 0.3) is 0 Å². The number of guanidine groups is 1. The lowest BCUT2D eigenvalue weighted by Crippen LogP contribution is -2.71. The Morgan fingerprint density at radius 1 is 1.32 bits per heavy atom. The quantitative estimate of drug-likeness (QED) is 0.594. The van der Waals surface area contributed by atoms with Crippen LogP contribution in [0.5, 0.6) is 0 Å². The van der Waals surface area contributed by atoms with E-state index in [9.17, 15) is 0 Å². The van der Waals surface area contributed by atoms with Crippen LogP contribution in [0.15, 0.2) is 4.99 Å². The van der Waals surface area contributed by atoms with Gasteiger partial charge in [-0.15, -0.1) is 0 Å². The zero-order chi connectivity index (χ0) is 16.0. The highest BCUT2D eigenvalue weighted by atomic mass is 32.2. The summed E-state index contributed by atoms with van der Waals surface area (Å²) in [6.45, 7) is 12.4. The van der Waals surface area contributed by atoms with Crippen molar-refractivity contribution < 1.29 is 4.74 Å². The van der Waals surface area contributed by atoms with E-state index in [2.05, 4.69) is 54.7 Å². The first-order chi connectivity index (χ1) is 10.3. The van der Waals surface area contributed by atoms with Crippen molar-refractivity contribution in [1.29, 1.82) is 0 Å². The highest BCUT2D eigenvalue weighted by molar-refractivity contribution is 8.00. The molecule has 4 nitrogen and oxygen atoms in total. The Balaban J connectivity index is 1.68. The van der Waals surface area contributed by atoms with Crippen molar-refractivity contribution >= 4 is 17.7 Å². The van der Waals surface area contributed by atoms with E-state index in [0.29, 0.717) is 22.8 Å². The van der Waals surface area contributed by atoms with Crippen LogP contribution in [0.2, 0.25) is 0 Å². The third-order valence-electron chi connectivity index (χ3n) is 5.55. The molecule has 1 N–H and O–H groups in total. The number of hydrogen-bond donors (Lipinski definition) is 1. The number of aliphatic imine (C=N–C) groups is 1. The first kappa shape index (κ1) is 16.4. The van der Waals surface area contributed by atoms with E-state index in [1.54, 1.807) is 0 Å². The summed E-state index contributed by atoms with van der Waals surface area (Å²) < 4.78 is 6.33. The molecule has 3 fully saturated rings. The van der Waals surface area contributed by atoms with Crippen LogP contribution in [-0.4, -0.2) is 60.2 Å². The molecule has 0 aromatic heterocycles. The number of fused-ring (bicyclic) bond motifs is 1. The molecule has 0 aromatic rings. The summed E-state index contributed by atoms with van der Waals surface area (Å²) >= 11 is 2.06. The van der Waals surface area contributed by atoms with Gasteiger partial charge in [-0.25, -0.2) is 0 Å². The fourth-order valence-electron chi connectivity index (χ4n) is 4.45. The Morgan fingerprint density at radius 3 is 2.77 bits per heavy atom. The largest absolute Gasteiger partial charge is 0.377 e. The molecule has 0 spiro atoms. The van der Waals surface area contributed by atoms with Crippen LogP contribution in [0.3, 0.4) is 0 Å². The lowest BCUT2D eigenvalue weighted by atomic mass is 9.55. The van der Waals surface area contributed by atoms with Crippen molar-refractivity contribution in [2.45, 2.75) is 57.4 Å². The monoisotopic (exact) mass is 325 g/mol. The summed E-state index contributed by atoms with van der Waals surface area (Å²) in [5.74, 6) is 2.90. The third kappa shape index (κ3) is 2.86. The molecule has 1 saturated carbocycles. The van der Waals surface area contributed by atoms with E-state index in [0.717, 1.165) is 25.7 Å². The van der Waals surface area contributed by atoms with Crippen LogP contribution in [0.1, 0.15) is 40.5 Å².